The predicted molar refractivity (Wildman–Crippen MR) is 78.5 cm³/mol. The van der Waals surface area contributed by atoms with Crippen molar-refractivity contribution >= 4 is 5.91 Å². The second-order valence-electron chi connectivity index (χ2n) is 4.61. The van der Waals surface area contributed by atoms with Crippen LogP contribution in [0.5, 0.6) is 0 Å². The minimum absolute atomic E-state index is 0.0827. The summed E-state index contributed by atoms with van der Waals surface area (Å²) in [6.45, 7) is 12.0. The molecule has 0 aliphatic rings. The van der Waals surface area contributed by atoms with Crippen molar-refractivity contribution < 1.29 is 4.79 Å². The highest BCUT2D eigenvalue weighted by atomic mass is 16.2. The normalized spacial score (nSPS) is 12.2. The van der Waals surface area contributed by atoms with Crippen molar-refractivity contribution in [3.63, 3.8) is 0 Å². The molecule has 0 fully saturated rings. The lowest BCUT2D eigenvalue weighted by molar-refractivity contribution is -0.126. The van der Waals surface area contributed by atoms with Gasteiger partial charge in [0, 0.05) is 25.2 Å². The van der Waals surface area contributed by atoms with E-state index in [9.17, 15) is 4.79 Å². The molecule has 0 N–H and O–H groups in total. The predicted octanol–water partition coefficient (Wildman–Crippen LogP) is 2.48. The molecule has 0 radical (unpaired) electrons. The molecule has 1 amide bonds. The molecule has 3 nitrogen and oxygen atoms in total. The van der Waals surface area contributed by atoms with Crippen LogP contribution in [0.15, 0.2) is 36.0 Å². The molecule has 0 aromatic carbocycles. The molecular weight excluding hydrogens is 224 g/mol. The zero-order valence-corrected chi connectivity index (χ0v) is 12.4. The van der Waals surface area contributed by atoms with Crippen molar-refractivity contribution in [2.75, 3.05) is 33.7 Å². The van der Waals surface area contributed by atoms with Crippen LogP contribution in [0.25, 0.3) is 0 Å². The van der Waals surface area contributed by atoms with Crippen molar-refractivity contribution in [3.8, 4) is 0 Å². The van der Waals surface area contributed by atoms with Gasteiger partial charge in [-0.3, -0.25) is 4.79 Å². The van der Waals surface area contributed by atoms with Gasteiger partial charge in [0.15, 0.2) is 0 Å². The maximum atomic E-state index is 12.3. The summed E-state index contributed by atoms with van der Waals surface area (Å²) in [5.74, 6) is 0.0827. The van der Waals surface area contributed by atoms with Gasteiger partial charge >= 0.3 is 0 Å². The molecule has 0 aliphatic heterocycles. The second kappa shape index (κ2) is 8.70. The van der Waals surface area contributed by atoms with Gasteiger partial charge in [-0.05, 0) is 40.9 Å². The number of hydrogen-bond acceptors (Lipinski definition) is 2. The van der Waals surface area contributed by atoms with Gasteiger partial charge in [-0.15, -0.1) is 0 Å². The Morgan fingerprint density at radius 2 is 1.83 bits per heavy atom. The maximum Gasteiger partial charge on any atom is 0.253 e. The first-order valence-corrected chi connectivity index (χ1v) is 6.36. The van der Waals surface area contributed by atoms with Crippen molar-refractivity contribution in [1.82, 2.24) is 9.80 Å². The molecule has 0 heterocycles. The van der Waals surface area contributed by atoms with Gasteiger partial charge < -0.3 is 9.80 Å². The number of likely N-dealkylation sites (N-methyl/N-ethyl adjacent to an activating group) is 2. The number of rotatable bonds is 7. The molecule has 3 heteroatoms. The summed E-state index contributed by atoms with van der Waals surface area (Å²) in [6, 6.07) is 0. The summed E-state index contributed by atoms with van der Waals surface area (Å²) in [4.78, 5) is 16.2. The summed E-state index contributed by atoms with van der Waals surface area (Å²) in [7, 11) is 4.02. The lowest BCUT2D eigenvalue weighted by Gasteiger charge is -2.23. The van der Waals surface area contributed by atoms with Crippen LogP contribution in [0.2, 0.25) is 0 Å². The molecule has 0 aromatic heterocycles. The third-order valence-corrected chi connectivity index (χ3v) is 2.59. The fourth-order valence-corrected chi connectivity index (χ4v) is 1.43. The van der Waals surface area contributed by atoms with Gasteiger partial charge in [0.05, 0.1) is 0 Å². The van der Waals surface area contributed by atoms with E-state index in [1.165, 1.54) is 0 Å². The number of carbonyl (C=O) groups is 1. The van der Waals surface area contributed by atoms with E-state index >= 15 is 0 Å². The first-order chi connectivity index (χ1) is 8.42. The van der Waals surface area contributed by atoms with Gasteiger partial charge in [-0.2, -0.15) is 0 Å². The number of carbonyl (C=O) groups excluding carboxylic acids is 1. The van der Waals surface area contributed by atoms with Crippen LogP contribution >= 0.6 is 0 Å². The molecule has 0 saturated carbocycles. The van der Waals surface area contributed by atoms with E-state index in [0.29, 0.717) is 0 Å². The van der Waals surface area contributed by atoms with Crippen molar-refractivity contribution in [2.45, 2.75) is 20.8 Å². The molecule has 0 spiro atoms. The van der Waals surface area contributed by atoms with Crippen molar-refractivity contribution in [1.29, 1.82) is 0 Å². The molecule has 0 atom stereocenters. The molecule has 0 aliphatic carbocycles. The smallest absolute Gasteiger partial charge is 0.253 e. The lowest BCUT2D eigenvalue weighted by Crippen LogP contribution is -2.37. The highest BCUT2D eigenvalue weighted by molar-refractivity contribution is 5.96. The van der Waals surface area contributed by atoms with Gasteiger partial charge in [0.1, 0.15) is 0 Å². The Morgan fingerprint density at radius 1 is 1.22 bits per heavy atom. The van der Waals surface area contributed by atoms with Crippen LogP contribution in [-0.4, -0.2) is 49.4 Å². The number of amides is 1. The maximum absolute atomic E-state index is 12.3. The lowest BCUT2D eigenvalue weighted by atomic mass is 10.1. The molecule has 0 saturated heterocycles. The number of allylic oxidation sites excluding steroid dienone is 3. The van der Waals surface area contributed by atoms with Crippen LogP contribution in [-0.2, 0) is 4.79 Å². The molecule has 0 bridgehead atoms. The van der Waals surface area contributed by atoms with Gasteiger partial charge in [-0.1, -0.05) is 24.3 Å². The van der Waals surface area contributed by atoms with Crippen LogP contribution in [0, 0.1) is 0 Å². The first kappa shape index (κ1) is 16.6. The Bertz CT molecular complexity index is 340. The number of hydrogen-bond donors (Lipinski definition) is 0. The first-order valence-electron chi connectivity index (χ1n) is 6.36. The van der Waals surface area contributed by atoms with Crippen molar-refractivity contribution in [3.05, 3.63) is 36.0 Å². The fraction of sp³-hybridized carbons (Fsp3) is 0.533. The highest BCUT2D eigenvalue weighted by Crippen LogP contribution is 2.06. The SMILES string of the molecule is C=C(C)/C=C\C(=C/C)C(=O)N(CC)CCN(C)C. The van der Waals surface area contributed by atoms with Crippen LogP contribution in [0.3, 0.4) is 0 Å². The summed E-state index contributed by atoms with van der Waals surface area (Å²) in [6.07, 6.45) is 5.55. The Kier molecular flexibility index (Phi) is 8.05. The van der Waals surface area contributed by atoms with E-state index in [4.69, 9.17) is 0 Å². The summed E-state index contributed by atoms with van der Waals surface area (Å²) in [5, 5.41) is 0. The standard InChI is InChI=1S/C15H26N2O/c1-7-14(10-9-13(3)4)15(18)17(8-2)12-11-16(5)6/h7,9-10H,3,8,11-12H2,1-2,4-6H3/b10-9-,14-7+. The fourth-order valence-electron chi connectivity index (χ4n) is 1.43. The minimum Gasteiger partial charge on any atom is -0.338 e. The van der Waals surface area contributed by atoms with Gasteiger partial charge in [0.2, 0.25) is 0 Å². The Balaban J connectivity index is 4.69. The summed E-state index contributed by atoms with van der Waals surface area (Å²) < 4.78 is 0. The molecule has 18 heavy (non-hydrogen) atoms. The van der Waals surface area contributed by atoms with Crippen LogP contribution in [0.1, 0.15) is 20.8 Å². The minimum atomic E-state index is 0.0827. The Hall–Kier alpha value is -1.35. The molecule has 0 rings (SSSR count). The summed E-state index contributed by atoms with van der Waals surface area (Å²) in [5.41, 5.74) is 1.66. The van der Waals surface area contributed by atoms with Gasteiger partial charge in [-0.25, -0.2) is 0 Å². The molecule has 102 valence electrons. The molecule has 0 aromatic rings. The summed E-state index contributed by atoms with van der Waals surface area (Å²) >= 11 is 0. The third-order valence-electron chi connectivity index (χ3n) is 2.59. The number of nitrogens with zero attached hydrogens (tertiary/aromatic N) is 2. The van der Waals surface area contributed by atoms with Crippen LogP contribution in [0.4, 0.5) is 0 Å². The zero-order chi connectivity index (χ0) is 14.1. The molecular formula is C15H26N2O. The van der Waals surface area contributed by atoms with E-state index < -0.39 is 0 Å². The van der Waals surface area contributed by atoms with E-state index in [1.807, 2.05) is 58.0 Å². The average molecular weight is 250 g/mol. The van der Waals surface area contributed by atoms with E-state index in [2.05, 4.69) is 11.5 Å². The second-order valence-corrected chi connectivity index (χ2v) is 4.61. The topological polar surface area (TPSA) is 23.6 Å². The Labute approximate surface area is 111 Å². The largest absolute Gasteiger partial charge is 0.338 e. The van der Waals surface area contributed by atoms with E-state index in [0.717, 1.165) is 30.8 Å². The van der Waals surface area contributed by atoms with Gasteiger partial charge in [0.25, 0.3) is 5.91 Å². The quantitative estimate of drug-likeness (QED) is 0.512. The highest BCUT2D eigenvalue weighted by Gasteiger charge is 2.14. The molecule has 0 unspecified atom stereocenters. The van der Waals surface area contributed by atoms with E-state index in [1.54, 1.807) is 0 Å². The van der Waals surface area contributed by atoms with Crippen LogP contribution < -0.4 is 0 Å². The third kappa shape index (κ3) is 6.40. The monoisotopic (exact) mass is 250 g/mol. The zero-order valence-electron chi connectivity index (χ0n) is 12.4. The Morgan fingerprint density at radius 3 is 2.22 bits per heavy atom. The van der Waals surface area contributed by atoms with Crippen molar-refractivity contribution in [2.24, 2.45) is 0 Å². The van der Waals surface area contributed by atoms with E-state index in [-0.39, 0.29) is 5.91 Å². The average Bonchev–Trinajstić information content (AvgIpc) is 2.29.